The van der Waals surface area contributed by atoms with Crippen LogP contribution in [0.25, 0.3) is 0 Å². The SMILES string of the molecule is CCOC(C(Cc1ccc(Cl)cc1F)NC)C(C)(C)C. The van der Waals surface area contributed by atoms with Gasteiger partial charge in [0.15, 0.2) is 0 Å². The summed E-state index contributed by atoms with van der Waals surface area (Å²) in [4.78, 5) is 0. The second-order valence-electron chi connectivity index (χ2n) is 6.08. The molecular formula is C16H25ClFNO. The molecule has 114 valence electrons. The summed E-state index contributed by atoms with van der Waals surface area (Å²) >= 11 is 5.79. The fourth-order valence-electron chi connectivity index (χ4n) is 2.43. The molecule has 1 N–H and O–H groups in total. The van der Waals surface area contributed by atoms with Crippen molar-refractivity contribution < 1.29 is 9.13 Å². The molecule has 0 heterocycles. The van der Waals surface area contributed by atoms with E-state index in [9.17, 15) is 4.39 Å². The van der Waals surface area contributed by atoms with Crippen molar-refractivity contribution in [1.29, 1.82) is 0 Å². The normalized spacial score (nSPS) is 15.2. The van der Waals surface area contributed by atoms with Gasteiger partial charge in [0, 0.05) is 17.7 Å². The van der Waals surface area contributed by atoms with Gasteiger partial charge in [-0.15, -0.1) is 0 Å². The lowest BCUT2D eigenvalue weighted by Gasteiger charge is -2.37. The number of halogens is 2. The van der Waals surface area contributed by atoms with Crippen LogP contribution in [0.2, 0.25) is 5.02 Å². The van der Waals surface area contributed by atoms with Crippen LogP contribution in [-0.4, -0.2) is 25.8 Å². The standard InChI is InChI=1S/C16H25ClFNO/c1-6-20-15(16(2,3)4)14(19-5)9-11-7-8-12(17)10-13(11)18/h7-8,10,14-15,19H,6,9H2,1-5H3. The van der Waals surface area contributed by atoms with Gasteiger partial charge in [-0.1, -0.05) is 38.4 Å². The van der Waals surface area contributed by atoms with Gasteiger partial charge < -0.3 is 10.1 Å². The highest BCUT2D eigenvalue weighted by Gasteiger charge is 2.32. The van der Waals surface area contributed by atoms with Crippen molar-refractivity contribution in [2.75, 3.05) is 13.7 Å². The Balaban J connectivity index is 2.94. The molecule has 0 spiro atoms. The maximum absolute atomic E-state index is 13.9. The van der Waals surface area contributed by atoms with Crippen LogP contribution in [0, 0.1) is 11.2 Å². The molecule has 2 atom stereocenters. The van der Waals surface area contributed by atoms with Crippen molar-refractivity contribution >= 4 is 11.6 Å². The van der Waals surface area contributed by atoms with Crippen molar-refractivity contribution in [3.8, 4) is 0 Å². The van der Waals surface area contributed by atoms with Gasteiger partial charge >= 0.3 is 0 Å². The first-order valence-electron chi connectivity index (χ1n) is 7.02. The third-order valence-electron chi connectivity index (χ3n) is 3.39. The summed E-state index contributed by atoms with van der Waals surface area (Å²) in [6.45, 7) is 9.03. The molecule has 2 unspecified atom stereocenters. The first kappa shape index (κ1) is 17.4. The van der Waals surface area contributed by atoms with E-state index in [2.05, 4.69) is 26.1 Å². The van der Waals surface area contributed by atoms with E-state index in [0.29, 0.717) is 23.6 Å². The number of nitrogens with one attached hydrogen (secondary N) is 1. The number of likely N-dealkylation sites (N-methyl/N-ethyl adjacent to an activating group) is 1. The monoisotopic (exact) mass is 301 g/mol. The Morgan fingerprint density at radius 1 is 1.35 bits per heavy atom. The summed E-state index contributed by atoms with van der Waals surface area (Å²) in [6, 6.07) is 4.87. The molecule has 20 heavy (non-hydrogen) atoms. The van der Waals surface area contributed by atoms with Gasteiger partial charge in [0.2, 0.25) is 0 Å². The van der Waals surface area contributed by atoms with Gasteiger partial charge in [-0.2, -0.15) is 0 Å². The molecule has 0 aromatic heterocycles. The van der Waals surface area contributed by atoms with Crippen LogP contribution < -0.4 is 5.32 Å². The summed E-state index contributed by atoms with van der Waals surface area (Å²) in [7, 11) is 1.89. The van der Waals surface area contributed by atoms with Crippen LogP contribution >= 0.6 is 11.6 Å². The molecule has 0 saturated carbocycles. The predicted octanol–water partition coefficient (Wildman–Crippen LogP) is 4.06. The van der Waals surface area contributed by atoms with Crippen LogP contribution in [0.3, 0.4) is 0 Å². The third kappa shape index (κ3) is 4.72. The number of benzene rings is 1. The second-order valence-corrected chi connectivity index (χ2v) is 6.51. The fourth-order valence-corrected chi connectivity index (χ4v) is 2.59. The number of hydrogen-bond acceptors (Lipinski definition) is 2. The molecular weight excluding hydrogens is 277 g/mol. The molecule has 0 radical (unpaired) electrons. The minimum absolute atomic E-state index is 0.00702. The van der Waals surface area contributed by atoms with E-state index in [4.69, 9.17) is 16.3 Å². The van der Waals surface area contributed by atoms with Gasteiger partial charge in [-0.3, -0.25) is 0 Å². The highest BCUT2D eigenvalue weighted by atomic mass is 35.5. The fraction of sp³-hybridized carbons (Fsp3) is 0.625. The predicted molar refractivity (Wildman–Crippen MR) is 82.8 cm³/mol. The zero-order valence-electron chi connectivity index (χ0n) is 13.0. The van der Waals surface area contributed by atoms with E-state index in [1.807, 2.05) is 14.0 Å². The molecule has 0 fully saturated rings. The Bertz CT molecular complexity index is 431. The van der Waals surface area contributed by atoms with Crippen LogP contribution in [-0.2, 0) is 11.2 Å². The highest BCUT2D eigenvalue weighted by molar-refractivity contribution is 6.30. The van der Waals surface area contributed by atoms with Crippen molar-refractivity contribution in [1.82, 2.24) is 5.32 Å². The summed E-state index contributed by atoms with van der Waals surface area (Å²) in [6.07, 6.45) is 0.578. The van der Waals surface area contributed by atoms with Crippen LogP contribution in [0.5, 0.6) is 0 Å². The topological polar surface area (TPSA) is 21.3 Å². The Hall–Kier alpha value is -0.640. The molecule has 0 amide bonds. The Morgan fingerprint density at radius 2 is 2.00 bits per heavy atom. The van der Waals surface area contributed by atoms with Gasteiger partial charge in [0.05, 0.1) is 6.10 Å². The lowest BCUT2D eigenvalue weighted by molar-refractivity contribution is -0.0341. The molecule has 2 nitrogen and oxygen atoms in total. The first-order valence-corrected chi connectivity index (χ1v) is 7.40. The lowest BCUT2D eigenvalue weighted by atomic mass is 9.82. The van der Waals surface area contributed by atoms with E-state index >= 15 is 0 Å². The van der Waals surface area contributed by atoms with Gasteiger partial charge in [-0.25, -0.2) is 4.39 Å². The Morgan fingerprint density at radius 3 is 2.45 bits per heavy atom. The Labute approximate surface area is 126 Å². The summed E-state index contributed by atoms with van der Waals surface area (Å²) < 4.78 is 19.8. The van der Waals surface area contributed by atoms with Crippen LogP contribution in [0.15, 0.2) is 18.2 Å². The molecule has 1 rings (SSSR count). The van der Waals surface area contributed by atoms with Crippen molar-refractivity contribution in [2.24, 2.45) is 5.41 Å². The third-order valence-corrected chi connectivity index (χ3v) is 3.63. The number of ether oxygens (including phenoxy) is 1. The molecule has 1 aromatic rings. The molecule has 0 aliphatic rings. The first-order chi connectivity index (χ1) is 9.29. The molecule has 0 bridgehead atoms. The summed E-state index contributed by atoms with van der Waals surface area (Å²) in [5, 5.41) is 3.68. The smallest absolute Gasteiger partial charge is 0.127 e. The van der Waals surface area contributed by atoms with Crippen molar-refractivity contribution in [3.63, 3.8) is 0 Å². The van der Waals surface area contributed by atoms with Gasteiger partial charge in [0.25, 0.3) is 0 Å². The van der Waals surface area contributed by atoms with E-state index < -0.39 is 0 Å². The van der Waals surface area contributed by atoms with E-state index in [0.717, 1.165) is 0 Å². The molecule has 0 saturated heterocycles. The molecule has 0 aliphatic heterocycles. The number of hydrogen-bond donors (Lipinski definition) is 1. The Kier molecular flexibility index (Phi) is 6.44. The quantitative estimate of drug-likeness (QED) is 0.855. The molecule has 4 heteroatoms. The summed E-state index contributed by atoms with van der Waals surface area (Å²) in [5.74, 6) is -0.262. The van der Waals surface area contributed by atoms with E-state index in [1.54, 1.807) is 12.1 Å². The zero-order chi connectivity index (χ0) is 15.3. The van der Waals surface area contributed by atoms with Crippen molar-refractivity contribution in [2.45, 2.75) is 46.3 Å². The lowest BCUT2D eigenvalue weighted by Crippen LogP contribution is -2.48. The highest BCUT2D eigenvalue weighted by Crippen LogP contribution is 2.27. The average molecular weight is 302 g/mol. The molecule has 0 aliphatic carbocycles. The summed E-state index contributed by atoms with van der Waals surface area (Å²) in [5.41, 5.74) is 0.634. The minimum Gasteiger partial charge on any atom is -0.376 e. The van der Waals surface area contributed by atoms with Crippen molar-refractivity contribution in [3.05, 3.63) is 34.6 Å². The van der Waals surface area contributed by atoms with E-state index in [1.165, 1.54) is 6.07 Å². The maximum Gasteiger partial charge on any atom is 0.127 e. The van der Waals surface area contributed by atoms with Crippen LogP contribution in [0.4, 0.5) is 4.39 Å². The zero-order valence-corrected chi connectivity index (χ0v) is 13.7. The molecule has 1 aromatic carbocycles. The number of rotatable bonds is 6. The van der Waals surface area contributed by atoms with Gasteiger partial charge in [0.1, 0.15) is 5.82 Å². The largest absolute Gasteiger partial charge is 0.376 e. The second kappa shape index (κ2) is 7.39. The van der Waals surface area contributed by atoms with Crippen LogP contribution in [0.1, 0.15) is 33.3 Å². The van der Waals surface area contributed by atoms with Gasteiger partial charge in [-0.05, 0) is 43.5 Å². The maximum atomic E-state index is 13.9. The van der Waals surface area contributed by atoms with E-state index in [-0.39, 0.29) is 23.4 Å². The average Bonchev–Trinajstić information content (AvgIpc) is 2.34. The minimum atomic E-state index is -0.262.